The van der Waals surface area contributed by atoms with Crippen LogP contribution in [0.3, 0.4) is 0 Å². The van der Waals surface area contributed by atoms with Gasteiger partial charge in [-0.1, -0.05) is 54.6 Å². The highest BCUT2D eigenvalue weighted by Gasteiger charge is 2.20. The van der Waals surface area contributed by atoms with Crippen LogP contribution < -0.4 is 15.5 Å². The quantitative estimate of drug-likeness (QED) is 0.214. The molecule has 2 N–H and O–H groups in total. The number of ether oxygens (including phenoxy) is 1. The van der Waals surface area contributed by atoms with Gasteiger partial charge >= 0.3 is 6.09 Å². The maximum Gasteiger partial charge on any atom is 0.407 e. The van der Waals surface area contributed by atoms with E-state index in [4.69, 9.17) is 17.0 Å². The van der Waals surface area contributed by atoms with Crippen molar-refractivity contribution < 1.29 is 14.3 Å². The van der Waals surface area contributed by atoms with Crippen molar-refractivity contribution in [1.82, 2.24) is 20.4 Å². The molecule has 0 unspecified atom stereocenters. The van der Waals surface area contributed by atoms with Gasteiger partial charge in [0.05, 0.1) is 0 Å². The summed E-state index contributed by atoms with van der Waals surface area (Å²) in [7, 11) is 2.18. The average Bonchev–Trinajstić information content (AvgIpc) is 3.01. The summed E-state index contributed by atoms with van der Waals surface area (Å²) in [6.45, 7) is 14.0. The van der Waals surface area contributed by atoms with E-state index >= 15 is 0 Å². The summed E-state index contributed by atoms with van der Waals surface area (Å²) in [4.78, 5) is 32.1. The van der Waals surface area contributed by atoms with Crippen LogP contribution in [0.2, 0.25) is 0 Å². The minimum absolute atomic E-state index is 0.265. The molecule has 1 heterocycles. The molecule has 0 radical (unpaired) electrons. The smallest absolute Gasteiger partial charge is 0.407 e. The van der Waals surface area contributed by atoms with Crippen LogP contribution in [0.5, 0.6) is 0 Å². The molecular weight excluding hydrogens is 582 g/mol. The molecule has 0 spiro atoms. The summed E-state index contributed by atoms with van der Waals surface area (Å²) in [5.41, 5.74) is 5.40. The standard InChI is InChI=1S/C36H47N5O3S/c1-27-12-15-31(29-16-13-28(14-17-29)18-21-40-24-22-39(5)23-25-40)26-32(27)41(20-9-19-37-35(43)44-36(2,3)4)34(45)38-33(42)30-10-7-6-8-11-30/h6-8,10-17,26H,9,18-25H2,1-5H3,(H,37,43)(H,38,42,45). The zero-order chi connectivity index (χ0) is 32.4. The Morgan fingerprint density at radius 2 is 1.60 bits per heavy atom. The number of carbonyl (C=O) groups excluding carboxylic acids is 2. The van der Waals surface area contributed by atoms with Crippen molar-refractivity contribution in [1.29, 1.82) is 0 Å². The molecule has 0 aliphatic carbocycles. The van der Waals surface area contributed by atoms with Crippen molar-refractivity contribution in [2.45, 2.75) is 46.1 Å². The third kappa shape index (κ3) is 10.7. The molecule has 8 nitrogen and oxygen atoms in total. The van der Waals surface area contributed by atoms with Crippen LogP contribution in [0, 0.1) is 6.92 Å². The van der Waals surface area contributed by atoms with E-state index in [0.29, 0.717) is 30.2 Å². The van der Waals surface area contributed by atoms with Gasteiger partial charge in [-0.15, -0.1) is 0 Å². The Balaban J connectivity index is 1.47. The first-order valence-corrected chi connectivity index (χ1v) is 16.1. The molecule has 3 aromatic carbocycles. The number of thiocarbonyl (C=S) groups is 1. The van der Waals surface area contributed by atoms with Crippen LogP contribution in [0.4, 0.5) is 10.5 Å². The highest BCUT2D eigenvalue weighted by atomic mass is 32.1. The fraction of sp³-hybridized carbons (Fsp3) is 0.417. The number of amides is 2. The Labute approximate surface area is 273 Å². The van der Waals surface area contributed by atoms with Gasteiger partial charge in [-0.25, -0.2) is 4.79 Å². The maximum absolute atomic E-state index is 13.0. The van der Waals surface area contributed by atoms with Crippen LogP contribution in [-0.4, -0.2) is 85.4 Å². The number of alkyl carbamates (subject to hydrolysis) is 1. The topological polar surface area (TPSA) is 77.2 Å². The summed E-state index contributed by atoms with van der Waals surface area (Å²) >= 11 is 5.81. The lowest BCUT2D eigenvalue weighted by Crippen LogP contribution is -2.45. The SMILES string of the molecule is Cc1ccc(-c2ccc(CCN3CCN(C)CC3)cc2)cc1N(CCCNC(=O)OC(C)(C)C)C(=S)NC(=O)c1ccccc1. The van der Waals surface area contributed by atoms with E-state index in [1.807, 2.05) is 50.8 Å². The number of aryl methyl sites for hydroxylation is 1. The summed E-state index contributed by atoms with van der Waals surface area (Å²) in [6, 6.07) is 24.1. The van der Waals surface area contributed by atoms with Crippen molar-refractivity contribution in [2.75, 3.05) is 57.8 Å². The number of carbonyl (C=O) groups is 2. The third-order valence-corrected chi connectivity index (χ3v) is 8.15. The summed E-state index contributed by atoms with van der Waals surface area (Å²) < 4.78 is 5.37. The number of rotatable bonds is 10. The average molecular weight is 630 g/mol. The third-order valence-electron chi connectivity index (χ3n) is 7.83. The van der Waals surface area contributed by atoms with Crippen LogP contribution in [0.15, 0.2) is 72.8 Å². The molecule has 0 saturated carbocycles. The first-order chi connectivity index (χ1) is 21.5. The number of nitrogens with one attached hydrogen (secondary N) is 2. The van der Waals surface area contributed by atoms with Gasteiger partial charge in [0.1, 0.15) is 5.60 Å². The Bertz CT molecular complexity index is 1430. The molecule has 1 fully saturated rings. The first-order valence-electron chi connectivity index (χ1n) is 15.7. The molecule has 1 saturated heterocycles. The van der Waals surface area contributed by atoms with Gasteiger partial charge in [-0.05, 0) is 100 Å². The number of anilines is 1. The van der Waals surface area contributed by atoms with Gasteiger partial charge in [0.2, 0.25) is 0 Å². The lowest BCUT2D eigenvalue weighted by atomic mass is 10.00. The van der Waals surface area contributed by atoms with E-state index in [9.17, 15) is 9.59 Å². The largest absolute Gasteiger partial charge is 0.444 e. The lowest BCUT2D eigenvalue weighted by molar-refractivity contribution is 0.0527. The highest BCUT2D eigenvalue weighted by molar-refractivity contribution is 7.80. The molecule has 3 aromatic rings. The number of hydrogen-bond donors (Lipinski definition) is 2. The van der Waals surface area contributed by atoms with Gasteiger partial charge in [-0.2, -0.15) is 0 Å². The van der Waals surface area contributed by atoms with Gasteiger partial charge in [0, 0.05) is 57.1 Å². The zero-order valence-electron chi connectivity index (χ0n) is 27.3. The van der Waals surface area contributed by atoms with E-state index in [0.717, 1.165) is 61.5 Å². The minimum atomic E-state index is -0.570. The molecular formula is C36H47N5O3S. The van der Waals surface area contributed by atoms with Crippen LogP contribution in [0.25, 0.3) is 11.1 Å². The summed E-state index contributed by atoms with van der Waals surface area (Å²) in [5, 5.41) is 6.04. The predicted octanol–water partition coefficient (Wildman–Crippen LogP) is 5.89. The van der Waals surface area contributed by atoms with Crippen molar-refractivity contribution in [3.8, 4) is 11.1 Å². The second kappa shape index (κ2) is 16.0. The van der Waals surface area contributed by atoms with E-state index < -0.39 is 11.7 Å². The predicted molar refractivity (Wildman–Crippen MR) is 187 cm³/mol. The fourth-order valence-electron chi connectivity index (χ4n) is 5.20. The molecule has 45 heavy (non-hydrogen) atoms. The van der Waals surface area contributed by atoms with Crippen molar-refractivity contribution >= 4 is 35.0 Å². The molecule has 2 amide bonds. The van der Waals surface area contributed by atoms with Crippen molar-refractivity contribution in [3.05, 3.63) is 89.5 Å². The lowest BCUT2D eigenvalue weighted by Gasteiger charge is -2.32. The first kappa shape index (κ1) is 34.1. The van der Waals surface area contributed by atoms with Crippen LogP contribution in [-0.2, 0) is 11.2 Å². The molecule has 0 atom stereocenters. The normalized spacial score (nSPS) is 14.1. The number of likely N-dealkylation sites (N-methyl/N-ethyl adjacent to an activating group) is 1. The highest BCUT2D eigenvalue weighted by Crippen LogP contribution is 2.29. The Hall–Kier alpha value is -3.79. The van der Waals surface area contributed by atoms with E-state index in [1.165, 1.54) is 5.56 Å². The molecule has 1 aliphatic rings. The molecule has 0 aromatic heterocycles. The zero-order valence-corrected chi connectivity index (χ0v) is 28.1. The number of benzene rings is 3. The second-order valence-corrected chi connectivity index (χ2v) is 13.0. The van der Waals surface area contributed by atoms with E-state index in [-0.39, 0.29) is 5.91 Å². The minimum Gasteiger partial charge on any atom is -0.444 e. The van der Waals surface area contributed by atoms with Gasteiger partial charge in [-0.3, -0.25) is 10.1 Å². The van der Waals surface area contributed by atoms with Crippen LogP contribution in [0.1, 0.15) is 48.7 Å². The van der Waals surface area contributed by atoms with E-state index in [1.54, 1.807) is 12.1 Å². The Kier molecular flexibility index (Phi) is 12.1. The summed E-state index contributed by atoms with van der Waals surface area (Å²) in [5.74, 6) is -0.265. The van der Waals surface area contributed by atoms with Gasteiger partial charge < -0.3 is 24.8 Å². The maximum atomic E-state index is 13.0. The Morgan fingerprint density at radius 3 is 2.27 bits per heavy atom. The number of piperazine rings is 1. The van der Waals surface area contributed by atoms with Crippen LogP contribution >= 0.6 is 12.2 Å². The second-order valence-electron chi connectivity index (χ2n) is 12.7. The molecule has 240 valence electrons. The molecule has 0 bridgehead atoms. The Morgan fingerprint density at radius 1 is 0.933 bits per heavy atom. The van der Waals surface area contributed by atoms with Crippen molar-refractivity contribution in [3.63, 3.8) is 0 Å². The number of nitrogens with zero attached hydrogens (tertiary/aromatic N) is 3. The molecule has 4 rings (SSSR count). The fourth-order valence-corrected chi connectivity index (χ4v) is 5.48. The van der Waals surface area contributed by atoms with Gasteiger partial charge in [0.25, 0.3) is 5.91 Å². The van der Waals surface area contributed by atoms with E-state index in [2.05, 4.69) is 69.9 Å². The summed E-state index contributed by atoms with van der Waals surface area (Å²) in [6.07, 6.45) is 1.16. The van der Waals surface area contributed by atoms with Gasteiger partial charge in [0.15, 0.2) is 5.11 Å². The number of hydrogen-bond acceptors (Lipinski definition) is 6. The molecule has 9 heteroatoms. The monoisotopic (exact) mass is 629 g/mol. The molecule has 1 aliphatic heterocycles. The van der Waals surface area contributed by atoms with Crippen molar-refractivity contribution in [2.24, 2.45) is 0 Å².